The first-order valence-electron chi connectivity index (χ1n) is 9.30. The van der Waals surface area contributed by atoms with E-state index in [1.165, 1.54) is 0 Å². The van der Waals surface area contributed by atoms with E-state index in [1.807, 2.05) is 66.9 Å². The molecular formula is C23H19N5O. The van der Waals surface area contributed by atoms with E-state index in [0.29, 0.717) is 12.4 Å². The van der Waals surface area contributed by atoms with E-state index in [-0.39, 0.29) is 5.95 Å². The Kier molecular flexibility index (Phi) is 4.02. The number of anilines is 2. The minimum atomic E-state index is 0.184. The van der Waals surface area contributed by atoms with Gasteiger partial charge in [0.05, 0.1) is 10.9 Å². The molecule has 0 spiro atoms. The lowest BCUT2D eigenvalue weighted by atomic mass is 10.1. The quantitative estimate of drug-likeness (QED) is 0.475. The number of rotatable bonds is 4. The summed E-state index contributed by atoms with van der Waals surface area (Å²) in [6.07, 6.45) is 2.05. The van der Waals surface area contributed by atoms with Gasteiger partial charge in [-0.2, -0.15) is 4.98 Å². The summed E-state index contributed by atoms with van der Waals surface area (Å²) in [5.74, 6) is 2.21. The molecule has 6 heteroatoms. The Labute approximate surface area is 167 Å². The SMILES string of the molecule is Nc1nc(N)c2c(ccc3c2ccn3Cc2cccc(Oc3ccccc3)c2)n1. The smallest absolute Gasteiger partial charge is 0.222 e. The average Bonchev–Trinajstić information content (AvgIpc) is 3.11. The summed E-state index contributed by atoms with van der Waals surface area (Å²) in [5.41, 5.74) is 14.8. The van der Waals surface area contributed by atoms with Crippen LogP contribution < -0.4 is 16.2 Å². The van der Waals surface area contributed by atoms with Gasteiger partial charge < -0.3 is 20.8 Å². The number of nitrogens with two attached hydrogens (primary N) is 2. The van der Waals surface area contributed by atoms with E-state index in [4.69, 9.17) is 16.2 Å². The van der Waals surface area contributed by atoms with E-state index >= 15 is 0 Å². The highest BCUT2D eigenvalue weighted by atomic mass is 16.5. The number of aromatic nitrogens is 3. The molecule has 29 heavy (non-hydrogen) atoms. The third-order valence-corrected chi connectivity index (χ3v) is 4.89. The molecule has 0 atom stereocenters. The molecule has 2 aromatic heterocycles. The fourth-order valence-electron chi connectivity index (χ4n) is 3.62. The second-order valence-corrected chi connectivity index (χ2v) is 6.87. The molecule has 6 nitrogen and oxygen atoms in total. The Morgan fingerprint density at radius 3 is 2.52 bits per heavy atom. The van der Waals surface area contributed by atoms with Crippen molar-refractivity contribution in [2.24, 2.45) is 0 Å². The van der Waals surface area contributed by atoms with Gasteiger partial charge in [0.2, 0.25) is 5.95 Å². The van der Waals surface area contributed by atoms with Gasteiger partial charge in [0.15, 0.2) is 0 Å². The van der Waals surface area contributed by atoms with Crippen LogP contribution in [0.25, 0.3) is 21.8 Å². The van der Waals surface area contributed by atoms with E-state index in [1.54, 1.807) is 0 Å². The summed E-state index contributed by atoms with van der Waals surface area (Å²) < 4.78 is 8.13. The highest BCUT2D eigenvalue weighted by Crippen LogP contribution is 2.30. The van der Waals surface area contributed by atoms with E-state index in [0.717, 1.165) is 38.9 Å². The second kappa shape index (κ2) is 6.83. The van der Waals surface area contributed by atoms with Crippen molar-refractivity contribution >= 4 is 33.6 Å². The molecule has 0 saturated carbocycles. The van der Waals surface area contributed by atoms with Crippen LogP contribution in [0.5, 0.6) is 11.5 Å². The number of fused-ring (bicyclic) bond motifs is 3. The summed E-state index contributed by atoms with van der Waals surface area (Å²) in [5, 5.41) is 1.84. The zero-order chi connectivity index (χ0) is 19.8. The largest absolute Gasteiger partial charge is 0.457 e. The monoisotopic (exact) mass is 381 g/mol. The van der Waals surface area contributed by atoms with Crippen LogP contribution in [0.4, 0.5) is 11.8 Å². The summed E-state index contributed by atoms with van der Waals surface area (Å²) in [6.45, 7) is 0.705. The zero-order valence-corrected chi connectivity index (χ0v) is 15.6. The van der Waals surface area contributed by atoms with Crippen LogP contribution in [0.2, 0.25) is 0 Å². The van der Waals surface area contributed by atoms with Gasteiger partial charge in [-0.05, 0) is 48.0 Å². The molecule has 0 aliphatic heterocycles. The predicted molar refractivity (Wildman–Crippen MR) is 116 cm³/mol. The zero-order valence-electron chi connectivity index (χ0n) is 15.6. The maximum absolute atomic E-state index is 6.12. The molecule has 0 aliphatic rings. The Morgan fingerprint density at radius 2 is 1.66 bits per heavy atom. The molecule has 2 heterocycles. The summed E-state index contributed by atoms with van der Waals surface area (Å²) in [6, 6.07) is 23.9. The topological polar surface area (TPSA) is 92.0 Å². The fourth-order valence-corrected chi connectivity index (χ4v) is 3.62. The van der Waals surface area contributed by atoms with Crippen molar-refractivity contribution in [1.29, 1.82) is 0 Å². The maximum atomic E-state index is 6.12. The third kappa shape index (κ3) is 3.21. The lowest BCUT2D eigenvalue weighted by Crippen LogP contribution is -2.01. The van der Waals surface area contributed by atoms with Gasteiger partial charge >= 0.3 is 0 Å². The van der Waals surface area contributed by atoms with Crippen LogP contribution in [0, 0.1) is 0 Å². The van der Waals surface area contributed by atoms with Crippen molar-refractivity contribution in [3.8, 4) is 11.5 Å². The predicted octanol–water partition coefficient (Wildman–Crippen LogP) is 4.59. The molecule has 0 fully saturated rings. The maximum Gasteiger partial charge on any atom is 0.222 e. The Morgan fingerprint density at radius 1 is 0.828 bits per heavy atom. The van der Waals surface area contributed by atoms with Gasteiger partial charge in [-0.25, -0.2) is 4.98 Å². The number of benzene rings is 3. The van der Waals surface area contributed by atoms with E-state index < -0.39 is 0 Å². The summed E-state index contributed by atoms with van der Waals surface area (Å²) in [7, 11) is 0. The molecule has 5 rings (SSSR count). The molecule has 3 aromatic carbocycles. The first-order valence-corrected chi connectivity index (χ1v) is 9.30. The molecule has 0 radical (unpaired) electrons. The molecular weight excluding hydrogens is 362 g/mol. The molecule has 0 aliphatic carbocycles. The molecule has 0 bridgehead atoms. The van der Waals surface area contributed by atoms with Gasteiger partial charge in [0, 0.05) is 23.6 Å². The van der Waals surface area contributed by atoms with Gasteiger partial charge in [0.1, 0.15) is 17.3 Å². The first-order chi connectivity index (χ1) is 14.2. The molecule has 0 unspecified atom stereocenters. The van der Waals surface area contributed by atoms with Gasteiger partial charge in [0.25, 0.3) is 0 Å². The molecule has 142 valence electrons. The number of para-hydroxylation sites is 1. The van der Waals surface area contributed by atoms with Crippen molar-refractivity contribution in [2.45, 2.75) is 6.54 Å². The number of nitrogens with zero attached hydrogens (tertiary/aromatic N) is 3. The first kappa shape index (κ1) is 17.1. The van der Waals surface area contributed by atoms with Crippen molar-refractivity contribution in [2.75, 3.05) is 11.5 Å². The summed E-state index contributed by atoms with van der Waals surface area (Å²) in [4.78, 5) is 8.41. The van der Waals surface area contributed by atoms with Crippen molar-refractivity contribution in [3.05, 3.63) is 84.6 Å². The van der Waals surface area contributed by atoms with E-state index in [2.05, 4.69) is 26.7 Å². The second-order valence-electron chi connectivity index (χ2n) is 6.87. The average molecular weight is 381 g/mol. The van der Waals surface area contributed by atoms with Gasteiger partial charge in [-0.15, -0.1) is 0 Å². The van der Waals surface area contributed by atoms with Crippen LogP contribution >= 0.6 is 0 Å². The molecule has 4 N–H and O–H groups in total. The molecule has 0 amide bonds. The Hall–Kier alpha value is -4.06. The lowest BCUT2D eigenvalue weighted by molar-refractivity contribution is 0.482. The third-order valence-electron chi connectivity index (χ3n) is 4.89. The Bertz CT molecular complexity index is 1330. The van der Waals surface area contributed by atoms with Crippen LogP contribution in [0.1, 0.15) is 5.56 Å². The molecule has 5 aromatic rings. The fraction of sp³-hybridized carbons (Fsp3) is 0.0435. The van der Waals surface area contributed by atoms with Gasteiger partial charge in [-0.3, -0.25) is 0 Å². The summed E-state index contributed by atoms with van der Waals surface area (Å²) >= 11 is 0. The Balaban J connectivity index is 1.49. The van der Waals surface area contributed by atoms with Gasteiger partial charge in [-0.1, -0.05) is 30.3 Å². The standard InChI is InChI=1S/C23H19N5O/c24-22-21-18-11-12-28(20(18)10-9-19(21)26-23(25)27-22)14-15-5-4-8-17(13-15)29-16-6-2-1-3-7-16/h1-13H,14H2,(H4,24,25,26,27). The van der Waals surface area contributed by atoms with Crippen molar-refractivity contribution < 1.29 is 4.74 Å². The minimum Gasteiger partial charge on any atom is -0.457 e. The molecule has 0 saturated heterocycles. The highest BCUT2D eigenvalue weighted by molar-refractivity contribution is 6.10. The minimum absolute atomic E-state index is 0.184. The highest BCUT2D eigenvalue weighted by Gasteiger charge is 2.11. The lowest BCUT2D eigenvalue weighted by Gasteiger charge is -2.10. The van der Waals surface area contributed by atoms with E-state index in [9.17, 15) is 0 Å². The number of hydrogen-bond acceptors (Lipinski definition) is 5. The van der Waals surface area contributed by atoms with Crippen LogP contribution in [-0.2, 0) is 6.54 Å². The van der Waals surface area contributed by atoms with Crippen molar-refractivity contribution in [1.82, 2.24) is 14.5 Å². The number of nitrogen functional groups attached to an aromatic ring is 2. The van der Waals surface area contributed by atoms with Crippen molar-refractivity contribution in [3.63, 3.8) is 0 Å². The number of hydrogen-bond donors (Lipinski definition) is 2. The van der Waals surface area contributed by atoms with Crippen LogP contribution in [-0.4, -0.2) is 14.5 Å². The normalized spacial score (nSPS) is 11.2. The van der Waals surface area contributed by atoms with Crippen LogP contribution in [0.15, 0.2) is 79.0 Å². The van der Waals surface area contributed by atoms with Crippen LogP contribution in [0.3, 0.4) is 0 Å². The number of ether oxygens (including phenoxy) is 1.